The van der Waals surface area contributed by atoms with E-state index in [0.717, 1.165) is 6.92 Å². The summed E-state index contributed by atoms with van der Waals surface area (Å²) in [5.74, 6) is -0.792. The molecule has 0 aliphatic rings. The molecule has 18 heavy (non-hydrogen) atoms. The van der Waals surface area contributed by atoms with Crippen molar-refractivity contribution in [2.75, 3.05) is 0 Å². The molecule has 8 heteroatoms. The fourth-order valence-electron chi connectivity index (χ4n) is 1.39. The van der Waals surface area contributed by atoms with Gasteiger partial charge in [-0.15, -0.1) is 13.2 Å². The van der Waals surface area contributed by atoms with E-state index in [4.69, 9.17) is 5.26 Å². The zero-order valence-corrected chi connectivity index (χ0v) is 9.05. The van der Waals surface area contributed by atoms with E-state index in [2.05, 4.69) is 9.72 Å². The summed E-state index contributed by atoms with van der Waals surface area (Å²) in [4.78, 5) is 3.41. The molecule has 0 aliphatic heterocycles. The van der Waals surface area contributed by atoms with Crippen LogP contribution in [0.5, 0.6) is 5.75 Å². The quantitative estimate of drug-likeness (QED) is 0.788. The second kappa shape index (κ2) is 5.16. The van der Waals surface area contributed by atoms with Gasteiger partial charge in [0.15, 0.2) is 5.75 Å². The van der Waals surface area contributed by atoms with Gasteiger partial charge in [-0.2, -0.15) is 5.26 Å². The van der Waals surface area contributed by atoms with Crippen molar-refractivity contribution in [2.45, 2.75) is 26.1 Å². The van der Waals surface area contributed by atoms with Crippen LogP contribution in [0, 0.1) is 18.3 Å². The van der Waals surface area contributed by atoms with Gasteiger partial charge in [-0.3, -0.25) is 4.98 Å². The van der Waals surface area contributed by atoms with Crippen LogP contribution >= 0.6 is 0 Å². The maximum atomic E-state index is 12.7. The van der Waals surface area contributed by atoms with Crippen molar-refractivity contribution < 1.29 is 26.7 Å². The highest BCUT2D eigenvalue weighted by Crippen LogP contribution is 2.33. The van der Waals surface area contributed by atoms with Crippen LogP contribution in [0.15, 0.2) is 6.20 Å². The zero-order chi connectivity index (χ0) is 13.9. The van der Waals surface area contributed by atoms with Gasteiger partial charge >= 0.3 is 6.36 Å². The first-order valence-corrected chi connectivity index (χ1v) is 4.65. The molecule has 0 atom stereocenters. The molecule has 1 heterocycles. The molecule has 3 nitrogen and oxygen atoms in total. The highest BCUT2D eigenvalue weighted by molar-refractivity contribution is 5.41. The van der Waals surface area contributed by atoms with Crippen molar-refractivity contribution >= 4 is 0 Å². The minimum Gasteiger partial charge on any atom is -0.404 e. The van der Waals surface area contributed by atoms with Crippen molar-refractivity contribution in [2.24, 2.45) is 0 Å². The van der Waals surface area contributed by atoms with Gasteiger partial charge in [0.1, 0.15) is 0 Å². The predicted molar refractivity (Wildman–Crippen MR) is 49.9 cm³/mol. The van der Waals surface area contributed by atoms with E-state index < -0.39 is 30.5 Å². The second-order valence-corrected chi connectivity index (χ2v) is 3.29. The van der Waals surface area contributed by atoms with Crippen LogP contribution in [-0.4, -0.2) is 11.3 Å². The van der Waals surface area contributed by atoms with Crippen LogP contribution in [0.3, 0.4) is 0 Å². The van der Waals surface area contributed by atoms with Gasteiger partial charge in [0.05, 0.1) is 24.4 Å². The number of pyridine rings is 1. The van der Waals surface area contributed by atoms with E-state index in [9.17, 15) is 22.0 Å². The first-order valence-electron chi connectivity index (χ1n) is 4.65. The molecule has 0 spiro atoms. The third-order valence-electron chi connectivity index (χ3n) is 2.11. The highest BCUT2D eigenvalue weighted by Gasteiger charge is 2.33. The van der Waals surface area contributed by atoms with Gasteiger partial charge in [0.2, 0.25) is 0 Å². The Bertz CT molecular complexity index is 478. The third-order valence-corrected chi connectivity index (χ3v) is 2.11. The van der Waals surface area contributed by atoms with Crippen molar-refractivity contribution in [3.8, 4) is 11.8 Å². The highest BCUT2D eigenvalue weighted by atomic mass is 19.4. The van der Waals surface area contributed by atoms with Gasteiger partial charge < -0.3 is 4.74 Å². The van der Waals surface area contributed by atoms with Crippen LogP contribution in [0.25, 0.3) is 0 Å². The van der Waals surface area contributed by atoms with Crippen LogP contribution in [0.2, 0.25) is 0 Å². The van der Waals surface area contributed by atoms with E-state index >= 15 is 0 Å². The fraction of sp³-hybridized carbons (Fsp3) is 0.400. The Labute approximate surface area is 98.8 Å². The van der Waals surface area contributed by atoms with Crippen molar-refractivity contribution in [3.05, 3.63) is 23.0 Å². The number of halogens is 5. The van der Waals surface area contributed by atoms with Crippen LogP contribution in [0.1, 0.15) is 23.2 Å². The third kappa shape index (κ3) is 3.29. The number of hydrogen-bond donors (Lipinski definition) is 0. The lowest BCUT2D eigenvalue weighted by molar-refractivity contribution is -0.275. The summed E-state index contributed by atoms with van der Waals surface area (Å²) in [6, 6.07) is 1.62. The Hall–Kier alpha value is -1.91. The molecule has 1 aromatic heterocycles. The number of rotatable bonds is 3. The molecule has 0 aromatic carbocycles. The van der Waals surface area contributed by atoms with E-state index in [-0.39, 0.29) is 11.3 Å². The maximum absolute atomic E-state index is 12.7. The lowest BCUT2D eigenvalue weighted by Crippen LogP contribution is -2.19. The zero-order valence-electron chi connectivity index (χ0n) is 9.05. The molecule has 0 saturated carbocycles. The monoisotopic (exact) mass is 266 g/mol. The molecule has 0 N–H and O–H groups in total. The van der Waals surface area contributed by atoms with E-state index in [1.807, 2.05) is 0 Å². The Morgan fingerprint density at radius 1 is 1.44 bits per heavy atom. The molecule has 0 saturated heterocycles. The first-order chi connectivity index (χ1) is 8.26. The van der Waals surface area contributed by atoms with Gasteiger partial charge in [-0.25, -0.2) is 8.78 Å². The summed E-state index contributed by atoms with van der Waals surface area (Å²) in [7, 11) is 0. The summed E-state index contributed by atoms with van der Waals surface area (Å²) in [5, 5.41) is 8.43. The van der Waals surface area contributed by atoms with Gasteiger partial charge in [-0.1, -0.05) is 0 Å². The Balaban J connectivity index is 3.27. The summed E-state index contributed by atoms with van der Waals surface area (Å²) < 4.78 is 65.1. The number of aromatic nitrogens is 1. The molecule has 1 rings (SSSR count). The fourth-order valence-corrected chi connectivity index (χ4v) is 1.39. The molecule has 0 radical (unpaired) electrons. The van der Waals surface area contributed by atoms with E-state index in [0.29, 0.717) is 6.20 Å². The lowest BCUT2D eigenvalue weighted by Gasteiger charge is -2.15. The standard InChI is InChI=1S/C10H7F5N2O/c1-5-7(18-10(13,14)15)4-17-6(2-3-16)8(5)9(11)12/h4,9H,2H2,1H3. The molecule has 1 aromatic rings. The second-order valence-electron chi connectivity index (χ2n) is 3.29. The molecular formula is C10H7F5N2O. The van der Waals surface area contributed by atoms with Gasteiger partial charge in [0, 0.05) is 11.1 Å². The molecule has 0 amide bonds. The van der Waals surface area contributed by atoms with Gasteiger partial charge in [-0.05, 0) is 6.92 Å². The molecule has 0 aliphatic carbocycles. The predicted octanol–water partition coefficient (Wildman–Crippen LogP) is 3.29. The summed E-state index contributed by atoms with van der Waals surface area (Å²) in [5.41, 5.74) is -1.32. The Morgan fingerprint density at radius 2 is 2.06 bits per heavy atom. The average molecular weight is 266 g/mol. The maximum Gasteiger partial charge on any atom is 0.573 e. The Kier molecular flexibility index (Phi) is 4.06. The van der Waals surface area contributed by atoms with Crippen LogP contribution in [0.4, 0.5) is 22.0 Å². The van der Waals surface area contributed by atoms with Crippen LogP contribution in [-0.2, 0) is 6.42 Å². The molecule has 0 bridgehead atoms. The minimum atomic E-state index is -4.98. The topological polar surface area (TPSA) is 45.9 Å². The number of nitrogens with zero attached hydrogens (tertiary/aromatic N) is 2. The lowest BCUT2D eigenvalue weighted by atomic mass is 10.1. The van der Waals surface area contributed by atoms with Gasteiger partial charge in [0.25, 0.3) is 6.43 Å². The summed E-state index contributed by atoms with van der Waals surface area (Å²) in [6.45, 7) is 1.06. The number of nitriles is 1. The van der Waals surface area contributed by atoms with E-state index in [1.165, 1.54) is 0 Å². The normalized spacial score (nSPS) is 11.4. The molecular weight excluding hydrogens is 259 g/mol. The van der Waals surface area contributed by atoms with Crippen LogP contribution < -0.4 is 4.74 Å². The first kappa shape index (κ1) is 14.2. The summed E-state index contributed by atoms with van der Waals surface area (Å²) >= 11 is 0. The van der Waals surface area contributed by atoms with Crippen molar-refractivity contribution in [1.82, 2.24) is 4.98 Å². The number of ether oxygens (including phenoxy) is 1. The molecule has 0 unspecified atom stereocenters. The largest absolute Gasteiger partial charge is 0.573 e. The van der Waals surface area contributed by atoms with Crippen molar-refractivity contribution in [1.29, 1.82) is 5.26 Å². The SMILES string of the molecule is Cc1c(OC(F)(F)F)cnc(CC#N)c1C(F)F. The van der Waals surface area contributed by atoms with E-state index in [1.54, 1.807) is 6.07 Å². The number of alkyl halides is 5. The van der Waals surface area contributed by atoms with Crippen molar-refractivity contribution in [3.63, 3.8) is 0 Å². The number of hydrogen-bond acceptors (Lipinski definition) is 3. The molecule has 0 fully saturated rings. The molecule has 98 valence electrons. The average Bonchev–Trinajstić information content (AvgIpc) is 2.20. The smallest absolute Gasteiger partial charge is 0.404 e. The Morgan fingerprint density at radius 3 is 2.50 bits per heavy atom. The minimum absolute atomic E-state index is 0.250. The summed E-state index contributed by atoms with van der Waals surface area (Å²) in [6.07, 6.45) is -7.74.